The highest BCUT2D eigenvalue weighted by molar-refractivity contribution is 6.41. The summed E-state index contributed by atoms with van der Waals surface area (Å²) in [5.41, 5.74) is 0. The third-order valence-electron chi connectivity index (χ3n) is 2.20. The van der Waals surface area contributed by atoms with Gasteiger partial charge in [0.25, 0.3) is 0 Å². The molecule has 1 aromatic rings. The number of hydrogen-bond acceptors (Lipinski definition) is 3. The standard InChI is InChI=1S/C10H4Cl2F9NO2/c11-4-1-3(2-22-5(4)12)23-9(18,19)7(15)24-10(20,21)8(16,17)6(13)14/h1-2,6-7H. The van der Waals surface area contributed by atoms with Gasteiger partial charge >= 0.3 is 30.9 Å². The molecule has 0 amide bonds. The molecule has 1 atom stereocenters. The molecule has 1 heterocycles. The number of rotatable bonds is 7. The lowest BCUT2D eigenvalue weighted by atomic mass is 10.3. The summed E-state index contributed by atoms with van der Waals surface area (Å²) in [5, 5.41) is -0.820. The Hall–Kier alpha value is -1.14. The predicted octanol–water partition coefficient (Wildman–Crippen LogP) is 5.17. The summed E-state index contributed by atoms with van der Waals surface area (Å²) in [4.78, 5) is 3.20. The second-order valence-electron chi connectivity index (χ2n) is 3.98. The van der Waals surface area contributed by atoms with E-state index in [4.69, 9.17) is 23.2 Å². The van der Waals surface area contributed by atoms with Gasteiger partial charge in [-0.15, -0.1) is 0 Å². The van der Waals surface area contributed by atoms with E-state index in [1.54, 1.807) is 0 Å². The highest BCUT2D eigenvalue weighted by atomic mass is 35.5. The van der Waals surface area contributed by atoms with Crippen LogP contribution in [0.3, 0.4) is 0 Å². The molecule has 1 aromatic heterocycles. The topological polar surface area (TPSA) is 31.4 Å². The van der Waals surface area contributed by atoms with Crippen molar-refractivity contribution >= 4 is 23.2 Å². The van der Waals surface area contributed by atoms with Crippen LogP contribution in [0.25, 0.3) is 0 Å². The Balaban J connectivity index is 2.91. The van der Waals surface area contributed by atoms with Gasteiger partial charge < -0.3 is 4.74 Å². The van der Waals surface area contributed by atoms with E-state index in [2.05, 4.69) is 14.5 Å². The third-order valence-corrected chi connectivity index (χ3v) is 2.89. The van der Waals surface area contributed by atoms with Gasteiger partial charge in [-0.05, 0) is 0 Å². The first kappa shape index (κ1) is 20.9. The maximum atomic E-state index is 13.3. The zero-order valence-corrected chi connectivity index (χ0v) is 12.2. The van der Waals surface area contributed by atoms with Crippen LogP contribution in [0.4, 0.5) is 39.5 Å². The van der Waals surface area contributed by atoms with Crippen LogP contribution >= 0.6 is 23.2 Å². The van der Waals surface area contributed by atoms with E-state index >= 15 is 0 Å². The second-order valence-corrected chi connectivity index (χ2v) is 4.75. The Labute approximate surface area is 137 Å². The van der Waals surface area contributed by atoms with Gasteiger partial charge in [0.05, 0.1) is 11.2 Å². The van der Waals surface area contributed by atoms with E-state index in [0.717, 1.165) is 0 Å². The lowest BCUT2D eigenvalue weighted by Crippen LogP contribution is -2.52. The van der Waals surface area contributed by atoms with Crippen molar-refractivity contribution in [1.82, 2.24) is 4.98 Å². The molecule has 0 saturated carbocycles. The van der Waals surface area contributed by atoms with Crippen LogP contribution in [0.15, 0.2) is 12.3 Å². The molecule has 1 rings (SSSR count). The molecule has 0 radical (unpaired) electrons. The quantitative estimate of drug-likeness (QED) is 0.458. The lowest BCUT2D eigenvalue weighted by molar-refractivity contribution is -0.430. The number of aromatic nitrogens is 1. The first-order valence-electron chi connectivity index (χ1n) is 5.44. The molecule has 0 aliphatic heterocycles. The van der Waals surface area contributed by atoms with E-state index in [9.17, 15) is 39.5 Å². The minimum absolute atomic E-state index is 0.372. The highest BCUT2D eigenvalue weighted by Crippen LogP contribution is 2.43. The van der Waals surface area contributed by atoms with Crippen LogP contribution in [-0.4, -0.2) is 35.9 Å². The molecule has 1 unspecified atom stereocenters. The Bertz CT molecular complexity index is 587. The van der Waals surface area contributed by atoms with E-state index in [-0.39, 0.29) is 5.15 Å². The van der Waals surface area contributed by atoms with Gasteiger partial charge in [0.1, 0.15) is 10.9 Å². The maximum absolute atomic E-state index is 13.3. The molecular weight excluding hydrogens is 408 g/mol. The van der Waals surface area contributed by atoms with Crippen LogP contribution in [0.5, 0.6) is 5.75 Å². The van der Waals surface area contributed by atoms with Gasteiger partial charge in [0.15, 0.2) is 0 Å². The van der Waals surface area contributed by atoms with E-state index in [1.807, 2.05) is 0 Å². The Kier molecular flexibility index (Phi) is 6.10. The van der Waals surface area contributed by atoms with Crippen LogP contribution < -0.4 is 4.74 Å². The fourth-order valence-electron chi connectivity index (χ4n) is 1.07. The Morgan fingerprint density at radius 3 is 2.00 bits per heavy atom. The van der Waals surface area contributed by atoms with Crippen molar-refractivity contribution in [2.24, 2.45) is 0 Å². The highest BCUT2D eigenvalue weighted by Gasteiger charge is 2.67. The number of nitrogens with zero attached hydrogens (tertiary/aromatic N) is 1. The number of pyridine rings is 1. The molecule has 14 heteroatoms. The summed E-state index contributed by atoms with van der Waals surface area (Å²) >= 11 is 10.7. The van der Waals surface area contributed by atoms with Gasteiger partial charge in [0, 0.05) is 6.07 Å². The normalized spacial score (nSPS) is 14.8. The lowest BCUT2D eigenvalue weighted by Gasteiger charge is -2.29. The van der Waals surface area contributed by atoms with Gasteiger partial charge in [-0.25, -0.2) is 18.2 Å². The monoisotopic (exact) mass is 411 g/mol. The van der Waals surface area contributed by atoms with Crippen LogP contribution in [-0.2, 0) is 4.74 Å². The number of hydrogen-bond donors (Lipinski definition) is 0. The van der Waals surface area contributed by atoms with Crippen LogP contribution in [0, 0.1) is 0 Å². The number of halogens is 11. The van der Waals surface area contributed by atoms with Crippen molar-refractivity contribution < 1.29 is 49.0 Å². The summed E-state index contributed by atoms with van der Waals surface area (Å²) in [6, 6.07) is 0.573. The zero-order valence-electron chi connectivity index (χ0n) is 10.7. The molecule has 3 nitrogen and oxygen atoms in total. The van der Waals surface area contributed by atoms with E-state index < -0.39 is 41.7 Å². The Morgan fingerprint density at radius 1 is 1.00 bits per heavy atom. The first-order chi connectivity index (χ1) is 10.7. The molecule has 24 heavy (non-hydrogen) atoms. The fraction of sp³-hybridized carbons (Fsp3) is 0.500. The average Bonchev–Trinajstić information content (AvgIpc) is 2.41. The first-order valence-corrected chi connectivity index (χ1v) is 6.20. The van der Waals surface area contributed by atoms with Crippen molar-refractivity contribution in [3.63, 3.8) is 0 Å². The minimum Gasteiger partial charge on any atom is -0.427 e. The molecule has 0 spiro atoms. The smallest absolute Gasteiger partial charge is 0.427 e. The summed E-state index contributed by atoms with van der Waals surface area (Å²) in [6.07, 6.45) is -20.6. The average molecular weight is 412 g/mol. The largest absolute Gasteiger partial charge is 0.456 e. The van der Waals surface area contributed by atoms with E-state index in [1.165, 1.54) is 0 Å². The van der Waals surface area contributed by atoms with Gasteiger partial charge in [-0.2, -0.15) is 26.3 Å². The van der Waals surface area contributed by atoms with Crippen molar-refractivity contribution in [3.05, 3.63) is 22.4 Å². The molecule has 0 aliphatic carbocycles. The van der Waals surface area contributed by atoms with Crippen molar-refractivity contribution in [2.75, 3.05) is 0 Å². The number of ether oxygens (including phenoxy) is 2. The van der Waals surface area contributed by atoms with Crippen molar-refractivity contribution in [3.8, 4) is 5.75 Å². The third kappa shape index (κ3) is 4.48. The van der Waals surface area contributed by atoms with Crippen molar-refractivity contribution in [2.45, 2.75) is 30.9 Å². The molecule has 0 fully saturated rings. The van der Waals surface area contributed by atoms with Gasteiger partial charge in [0.2, 0.25) is 0 Å². The van der Waals surface area contributed by atoms with E-state index in [0.29, 0.717) is 12.3 Å². The zero-order chi connectivity index (χ0) is 18.9. The summed E-state index contributed by atoms with van der Waals surface area (Å²) in [5.74, 6) is -7.22. The summed E-state index contributed by atoms with van der Waals surface area (Å²) in [6.45, 7) is 0. The molecular formula is C10H4Cl2F9NO2. The molecule has 0 aromatic carbocycles. The molecule has 0 saturated heterocycles. The molecule has 0 N–H and O–H groups in total. The van der Waals surface area contributed by atoms with Gasteiger partial charge in [-0.1, -0.05) is 23.2 Å². The van der Waals surface area contributed by atoms with Crippen LogP contribution in [0.2, 0.25) is 10.2 Å². The van der Waals surface area contributed by atoms with Crippen molar-refractivity contribution in [1.29, 1.82) is 0 Å². The SMILES string of the molecule is FC(OC(F)(F)C(F)(F)C(F)F)C(F)(F)Oc1cnc(Cl)c(Cl)c1. The second kappa shape index (κ2) is 7.00. The minimum atomic E-state index is -6.25. The molecule has 0 bridgehead atoms. The summed E-state index contributed by atoms with van der Waals surface area (Å²) in [7, 11) is 0. The molecule has 138 valence electrons. The summed E-state index contributed by atoms with van der Waals surface area (Å²) < 4.78 is 120. The molecule has 0 aliphatic rings. The maximum Gasteiger partial charge on any atom is 0.456 e. The van der Waals surface area contributed by atoms with Gasteiger partial charge in [-0.3, -0.25) is 4.74 Å². The number of alkyl halides is 9. The van der Waals surface area contributed by atoms with Crippen LogP contribution in [0.1, 0.15) is 0 Å². The fourth-order valence-corrected chi connectivity index (χ4v) is 1.33. The Morgan fingerprint density at radius 2 is 1.54 bits per heavy atom. The predicted molar refractivity (Wildman–Crippen MR) is 61.7 cm³/mol.